The molecule has 0 heterocycles. The second-order valence-corrected chi connectivity index (χ2v) is 1.73. The number of carbonyl (C=O) groups is 1. The van der Waals surface area contributed by atoms with E-state index < -0.39 is 11.9 Å². The topological polar surface area (TPSA) is 46.5 Å². The van der Waals surface area contributed by atoms with E-state index in [1.54, 1.807) is 0 Å². The predicted molar refractivity (Wildman–Crippen MR) is 34.3 cm³/mol. The van der Waals surface area contributed by atoms with Crippen molar-refractivity contribution >= 4 is 5.97 Å². The Bertz CT molecular complexity index is 145. The van der Waals surface area contributed by atoms with E-state index in [-0.39, 0.29) is 13.0 Å². The van der Waals surface area contributed by atoms with Gasteiger partial charge in [-0.1, -0.05) is 5.92 Å². The van der Waals surface area contributed by atoms with E-state index in [0.717, 1.165) is 0 Å². The average Bonchev–Trinajstić information content (AvgIpc) is 1.99. The van der Waals surface area contributed by atoms with Gasteiger partial charge in [-0.3, -0.25) is 4.79 Å². The Morgan fingerprint density at radius 3 is 2.80 bits per heavy atom. The summed E-state index contributed by atoms with van der Waals surface area (Å²) in [6, 6.07) is 0. The van der Waals surface area contributed by atoms with Gasteiger partial charge >= 0.3 is 5.97 Å². The molecule has 0 aromatic rings. The van der Waals surface area contributed by atoms with Gasteiger partial charge in [0.25, 0.3) is 0 Å². The number of methoxy groups -OCH3 is 1. The zero-order valence-electron chi connectivity index (χ0n) is 5.76. The molecular weight excluding hydrogens is 132 g/mol. The van der Waals surface area contributed by atoms with Crippen molar-refractivity contribution in [1.29, 1.82) is 0 Å². The summed E-state index contributed by atoms with van der Waals surface area (Å²) in [6.45, 7) is -0.133. The van der Waals surface area contributed by atoms with Crippen LogP contribution in [-0.4, -0.2) is 24.8 Å². The van der Waals surface area contributed by atoms with Gasteiger partial charge < -0.3 is 9.84 Å². The Labute approximate surface area is 60.0 Å². The molecule has 1 unspecified atom stereocenters. The van der Waals surface area contributed by atoms with E-state index in [9.17, 15) is 4.79 Å². The Morgan fingerprint density at radius 2 is 2.50 bits per heavy atom. The summed E-state index contributed by atoms with van der Waals surface area (Å²) in [5.41, 5.74) is 0. The number of ether oxygens (including phenoxy) is 1. The van der Waals surface area contributed by atoms with Crippen LogP contribution in [-0.2, 0) is 9.53 Å². The molecule has 1 N–H and O–H groups in total. The number of rotatable bonds is 3. The minimum Gasteiger partial charge on any atom is -0.468 e. The number of aliphatic hydroxyl groups is 1. The van der Waals surface area contributed by atoms with E-state index in [1.807, 2.05) is 5.92 Å². The van der Waals surface area contributed by atoms with Crippen molar-refractivity contribution in [3.8, 4) is 5.92 Å². The third-order valence-corrected chi connectivity index (χ3v) is 1.08. The van der Waals surface area contributed by atoms with Gasteiger partial charge in [0.05, 0.1) is 7.11 Å². The van der Waals surface area contributed by atoms with Crippen LogP contribution in [0.1, 0.15) is 6.42 Å². The van der Waals surface area contributed by atoms with E-state index in [1.165, 1.54) is 7.11 Å². The van der Waals surface area contributed by atoms with Crippen molar-refractivity contribution in [3.63, 3.8) is 0 Å². The molecule has 0 aromatic carbocycles. The normalized spacial score (nSPS) is 11.7. The number of carbonyl (C=O) groups excluding carboxylic acids is 1. The van der Waals surface area contributed by atoms with Crippen LogP contribution in [0.25, 0.3) is 0 Å². The van der Waals surface area contributed by atoms with Crippen LogP contribution in [0.2, 0.25) is 0 Å². The molecule has 0 saturated carbocycles. The summed E-state index contributed by atoms with van der Waals surface area (Å²) in [4.78, 5) is 10.6. The van der Waals surface area contributed by atoms with Crippen molar-refractivity contribution in [2.45, 2.75) is 6.42 Å². The largest absolute Gasteiger partial charge is 0.468 e. The highest BCUT2D eigenvalue weighted by Crippen LogP contribution is 2.01. The molecule has 0 amide bonds. The van der Waals surface area contributed by atoms with Crippen molar-refractivity contribution in [1.82, 2.24) is 0 Å². The Morgan fingerprint density at radius 1 is 1.90 bits per heavy atom. The molecule has 0 saturated heterocycles. The predicted octanol–water partition coefficient (Wildman–Crippen LogP) is -0.252. The third kappa shape index (κ3) is 2.51. The molecule has 3 nitrogen and oxygen atoms in total. The fourth-order valence-corrected chi connectivity index (χ4v) is 0.520. The van der Waals surface area contributed by atoms with Gasteiger partial charge in [0, 0.05) is 6.61 Å². The maximum absolute atomic E-state index is 10.6. The number of hydrogen-bond donors (Lipinski definition) is 1. The minimum atomic E-state index is -0.713. The van der Waals surface area contributed by atoms with Crippen molar-refractivity contribution in [2.75, 3.05) is 13.7 Å². The van der Waals surface area contributed by atoms with Gasteiger partial charge in [0.15, 0.2) is 0 Å². The first kappa shape index (κ1) is 8.99. The summed E-state index contributed by atoms with van der Waals surface area (Å²) in [5, 5.41) is 8.38. The second-order valence-electron chi connectivity index (χ2n) is 1.73. The van der Waals surface area contributed by atoms with Crippen LogP contribution >= 0.6 is 0 Å². The highest BCUT2D eigenvalue weighted by molar-refractivity contribution is 5.75. The lowest BCUT2D eigenvalue weighted by molar-refractivity contribution is -0.143. The van der Waals surface area contributed by atoms with Gasteiger partial charge in [-0.15, -0.1) is 0 Å². The van der Waals surface area contributed by atoms with Gasteiger partial charge in [0.1, 0.15) is 5.92 Å². The molecule has 0 spiro atoms. The number of esters is 1. The summed E-state index contributed by atoms with van der Waals surface area (Å²) in [5.74, 6) is 0.732. The monoisotopic (exact) mass is 141 g/mol. The average molecular weight is 141 g/mol. The quantitative estimate of drug-likeness (QED) is 0.435. The number of hydrogen-bond acceptors (Lipinski definition) is 3. The van der Waals surface area contributed by atoms with Crippen molar-refractivity contribution < 1.29 is 14.6 Å². The van der Waals surface area contributed by atoms with Crippen LogP contribution in [0, 0.1) is 18.3 Å². The Kier molecular flexibility index (Phi) is 4.34. The summed E-state index contributed by atoms with van der Waals surface area (Å²) in [7, 11) is 1.24. The highest BCUT2D eigenvalue weighted by Gasteiger charge is 2.14. The van der Waals surface area contributed by atoms with Crippen molar-refractivity contribution in [2.24, 2.45) is 5.92 Å². The molecule has 0 fully saturated rings. The van der Waals surface area contributed by atoms with Crippen molar-refractivity contribution in [3.05, 3.63) is 6.42 Å². The first-order valence-electron chi connectivity index (χ1n) is 2.87. The first-order valence-corrected chi connectivity index (χ1v) is 2.87. The van der Waals surface area contributed by atoms with Gasteiger partial charge in [-0.05, 0) is 12.8 Å². The van der Waals surface area contributed by atoms with Crippen LogP contribution in [0.3, 0.4) is 0 Å². The highest BCUT2D eigenvalue weighted by atomic mass is 16.5. The first-order chi connectivity index (χ1) is 4.76. The van der Waals surface area contributed by atoms with E-state index in [2.05, 4.69) is 4.74 Å². The summed E-state index contributed by atoms with van der Waals surface area (Å²) in [6.07, 6.45) is 6.84. The van der Waals surface area contributed by atoms with E-state index in [4.69, 9.17) is 11.5 Å². The van der Waals surface area contributed by atoms with E-state index >= 15 is 0 Å². The third-order valence-electron chi connectivity index (χ3n) is 1.08. The van der Waals surface area contributed by atoms with Gasteiger partial charge in [0.2, 0.25) is 0 Å². The molecule has 55 valence electrons. The Hall–Kier alpha value is -1.01. The zero-order chi connectivity index (χ0) is 7.98. The molecule has 0 aliphatic carbocycles. The molecule has 10 heavy (non-hydrogen) atoms. The minimum absolute atomic E-state index is 0.133. The summed E-state index contributed by atoms with van der Waals surface area (Å²) < 4.78 is 4.32. The second kappa shape index (κ2) is 4.83. The molecular formula is C7H9O3. The van der Waals surface area contributed by atoms with E-state index in [0.29, 0.717) is 0 Å². The summed E-state index contributed by atoms with van der Waals surface area (Å²) >= 11 is 0. The molecule has 3 heteroatoms. The fourth-order valence-electron chi connectivity index (χ4n) is 0.520. The molecule has 1 atom stereocenters. The lowest BCUT2D eigenvalue weighted by Gasteiger charge is -2.03. The standard InChI is InChI=1S/C7H9O3/c1-3-6(4-5-8)7(9)10-2/h6,8H,4-5H2,2H3. The van der Waals surface area contributed by atoms with Gasteiger partial charge in [-0.25, -0.2) is 0 Å². The lowest BCUT2D eigenvalue weighted by Crippen LogP contribution is -2.15. The molecule has 0 aliphatic rings. The molecule has 0 rings (SSSR count). The molecule has 0 bridgehead atoms. The van der Waals surface area contributed by atoms with Crippen LogP contribution in [0.5, 0.6) is 0 Å². The van der Waals surface area contributed by atoms with Crippen LogP contribution < -0.4 is 0 Å². The maximum Gasteiger partial charge on any atom is 0.320 e. The van der Waals surface area contributed by atoms with Gasteiger partial charge in [-0.2, -0.15) is 0 Å². The maximum atomic E-state index is 10.6. The smallest absolute Gasteiger partial charge is 0.320 e. The van der Waals surface area contributed by atoms with Crippen LogP contribution in [0.4, 0.5) is 0 Å². The lowest BCUT2D eigenvalue weighted by atomic mass is 10.1. The SMILES string of the molecule is [C]#CC(CCO)C(=O)OC. The fraction of sp³-hybridized carbons (Fsp3) is 0.571. The number of aliphatic hydroxyl groups excluding tert-OH is 1. The Balaban J connectivity index is 3.84. The zero-order valence-corrected chi connectivity index (χ0v) is 5.76. The van der Waals surface area contributed by atoms with Crippen LogP contribution in [0.15, 0.2) is 0 Å². The molecule has 0 aromatic heterocycles. The molecule has 1 radical (unpaired) electrons. The molecule has 0 aliphatic heterocycles.